The molecule has 0 aliphatic carbocycles. The minimum Gasteiger partial charge on any atom is -0.494 e. The van der Waals surface area contributed by atoms with Crippen molar-refractivity contribution in [2.24, 2.45) is 0 Å². The molecular weight excluding hydrogens is 361 g/mol. The highest BCUT2D eigenvalue weighted by atomic mass is 19.4. The molecule has 2 aromatic rings. The van der Waals surface area contributed by atoms with Gasteiger partial charge in [0, 0.05) is 12.0 Å². The molecule has 2 aromatic carbocycles. The van der Waals surface area contributed by atoms with Crippen molar-refractivity contribution >= 4 is 17.8 Å². The van der Waals surface area contributed by atoms with E-state index in [4.69, 9.17) is 9.84 Å². The van der Waals surface area contributed by atoms with Gasteiger partial charge >= 0.3 is 12.1 Å². The van der Waals surface area contributed by atoms with Crippen LogP contribution in [0, 0.1) is 0 Å². The minimum atomic E-state index is -4.44. The molecule has 0 heterocycles. The number of aliphatic carboxylic acids is 1. The average molecular weight is 378 g/mol. The van der Waals surface area contributed by atoms with Crippen LogP contribution < -0.4 is 4.74 Å². The topological polar surface area (TPSA) is 63.6 Å². The smallest absolute Gasteiger partial charge is 0.416 e. The molecule has 0 saturated heterocycles. The number of hydrogen-bond acceptors (Lipinski definition) is 3. The molecular formula is C20H17F3O4. The first-order valence-electron chi connectivity index (χ1n) is 8.10. The fourth-order valence-electron chi connectivity index (χ4n) is 2.22. The molecule has 0 radical (unpaired) electrons. The first-order chi connectivity index (χ1) is 12.8. The van der Waals surface area contributed by atoms with Crippen molar-refractivity contribution in [1.82, 2.24) is 0 Å². The van der Waals surface area contributed by atoms with Crippen molar-refractivity contribution in [3.05, 3.63) is 71.3 Å². The van der Waals surface area contributed by atoms with E-state index in [1.165, 1.54) is 36.4 Å². The summed E-state index contributed by atoms with van der Waals surface area (Å²) in [6, 6.07) is 10.9. The van der Waals surface area contributed by atoms with Crippen molar-refractivity contribution in [1.29, 1.82) is 0 Å². The number of carbonyl (C=O) groups is 2. The van der Waals surface area contributed by atoms with E-state index < -0.39 is 17.7 Å². The number of rotatable bonds is 8. The van der Waals surface area contributed by atoms with Gasteiger partial charge in [-0.3, -0.25) is 9.59 Å². The number of ether oxygens (including phenoxy) is 1. The zero-order valence-corrected chi connectivity index (χ0v) is 14.2. The van der Waals surface area contributed by atoms with E-state index in [9.17, 15) is 22.8 Å². The molecule has 1 N–H and O–H groups in total. The molecule has 142 valence electrons. The van der Waals surface area contributed by atoms with Gasteiger partial charge in [0.25, 0.3) is 0 Å². The second kappa shape index (κ2) is 9.02. The summed E-state index contributed by atoms with van der Waals surface area (Å²) >= 11 is 0. The lowest BCUT2D eigenvalue weighted by atomic mass is 10.1. The van der Waals surface area contributed by atoms with Crippen LogP contribution in [0.1, 0.15) is 34.3 Å². The largest absolute Gasteiger partial charge is 0.494 e. The van der Waals surface area contributed by atoms with Crippen LogP contribution >= 0.6 is 0 Å². The summed E-state index contributed by atoms with van der Waals surface area (Å²) < 4.78 is 43.4. The van der Waals surface area contributed by atoms with Crippen LogP contribution in [-0.2, 0) is 11.0 Å². The first-order valence-corrected chi connectivity index (χ1v) is 8.10. The third kappa shape index (κ3) is 6.62. The highest BCUT2D eigenvalue weighted by Gasteiger charge is 2.30. The number of hydrogen-bond donors (Lipinski definition) is 1. The van der Waals surface area contributed by atoms with Crippen molar-refractivity contribution < 1.29 is 32.6 Å². The van der Waals surface area contributed by atoms with Crippen LogP contribution in [-0.4, -0.2) is 23.5 Å². The zero-order valence-electron chi connectivity index (χ0n) is 14.2. The zero-order chi connectivity index (χ0) is 19.9. The first kappa shape index (κ1) is 20.2. The molecule has 0 atom stereocenters. The van der Waals surface area contributed by atoms with Gasteiger partial charge in [-0.1, -0.05) is 18.2 Å². The van der Waals surface area contributed by atoms with Crippen molar-refractivity contribution in [3.63, 3.8) is 0 Å². The van der Waals surface area contributed by atoms with Gasteiger partial charge in [0.1, 0.15) is 5.75 Å². The second-order valence-electron chi connectivity index (χ2n) is 5.69. The maximum Gasteiger partial charge on any atom is 0.416 e. The average Bonchev–Trinajstić information content (AvgIpc) is 2.63. The lowest BCUT2D eigenvalue weighted by Crippen LogP contribution is -2.04. The molecule has 0 bridgehead atoms. The van der Waals surface area contributed by atoms with Gasteiger partial charge < -0.3 is 9.84 Å². The lowest BCUT2D eigenvalue weighted by Gasteiger charge is -2.06. The summed E-state index contributed by atoms with van der Waals surface area (Å²) in [5, 5.41) is 8.54. The predicted molar refractivity (Wildman–Crippen MR) is 93.6 cm³/mol. The van der Waals surface area contributed by atoms with E-state index in [1.54, 1.807) is 12.1 Å². The third-order valence-corrected chi connectivity index (χ3v) is 3.58. The van der Waals surface area contributed by atoms with Gasteiger partial charge in [-0.15, -0.1) is 0 Å². The Bertz CT molecular complexity index is 824. The Morgan fingerprint density at radius 1 is 1.07 bits per heavy atom. The van der Waals surface area contributed by atoms with Gasteiger partial charge in [-0.25, -0.2) is 0 Å². The number of alkyl halides is 3. The van der Waals surface area contributed by atoms with Gasteiger partial charge in [0.15, 0.2) is 5.78 Å². The summed E-state index contributed by atoms with van der Waals surface area (Å²) in [7, 11) is 0. The Morgan fingerprint density at radius 3 is 2.41 bits per heavy atom. The Kier molecular flexibility index (Phi) is 6.76. The number of carbonyl (C=O) groups excluding carboxylic acids is 1. The number of halogens is 3. The molecule has 0 spiro atoms. The summed E-state index contributed by atoms with van der Waals surface area (Å²) in [4.78, 5) is 22.5. The van der Waals surface area contributed by atoms with Crippen LogP contribution in [0.5, 0.6) is 5.75 Å². The Labute approximate surface area is 153 Å². The quantitative estimate of drug-likeness (QED) is 0.405. The standard InChI is InChI=1S/C20H17F3O4/c21-20(22,23)16-4-1-3-14(13-16)6-11-18(24)15-7-9-17(10-8-15)27-12-2-5-19(25)26/h1,3-4,6-11,13H,2,5,12H2,(H,25,26)/b11-6+. The van der Waals surface area contributed by atoms with Crippen LogP contribution in [0.3, 0.4) is 0 Å². The van der Waals surface area contributed by atoms with Crippen molar-refractivity contribution in [2.45, 2.75) is 19.0 Å². The SMILES string of the molecule is O=C(O)CCCOc1ccc(C(=O)/C=C/c2cccc(C(F)(F)F)c2)cc1. The highest BCUT2D eigenvalue weighted by molar-refractivity contribution is 6.06. The monoisotopic (exact) mass is 378 g/mol. The van der Waals surface area contributed by atoms with E-state index in [-0.39, 0.29) is 24.4 Å². The molecule has 0 fully saturated rings. The molecule has 0 aliphatic rings. The number of carboxylic acid groups (broad SMARTS) is 1. The summed E-state index contributed by atoms with van der Waals surface area (Å²) in [5.41, 5.74) is -0.144. The van der Waals surface area contributed by atoms with E-state index in [0.29, 0.717) is 17.7 Å². The van der Waals surface area contributed by atoms with E-state index in [1.807, 2.05) is 0 Å². The van der Waals surface area contributed by atoms with E-state index in [0.717, 1.165) is 12.1 Å². The number of benzene rings is 2. The Hall–Kier alpha value is -3.09. The molecule has 0 saturated carbocycles. The number of allylic oxidation sites excluding steroid dienone is 1. The molecule has 0 aromatic heterocycles. The van der Waals surface area contributed by atoms with Crippen molar-refractivity contribution in [3.8, 4) is 5.75 Å². The van der Waals surface area contributed by atoms with Gasteiger partial charge in [0.05, 0.1) is 12.2 Å². The highest BCUT2D eigenvalue weighted by Crippen LogP contribution is 2.29. The summed E-state index contributed by atoms with van der Waals surface area (Å²) in [5.74, 6) is -0.754. The summed E-state index contributed by atoms with van der Waals surface area (Å²) in [6.45, 7) is 0.245. The van der Waals surface area contributed by atoms with E-state index in [2.05, 4.69) is 0 Å². The maximum absolute atomic E-state index is 12.7. The van der Waals surface area contributed by atoms with E-state index >= 15 is 0 Å². The van der Waals surface area contributed by atoms with Gasteiger partial charge in [-0.2, -0.15) is 13.2 Å². The molecule has 2 rings (SSSR count). The molecule has 27 heavy (non-hydrogen) atoms. The molecule has 4 nitrogen and oxygen atoms in total. The maximum atomic E-state index is 12.7. The van der Waals surface area contributed by atoms with Crippen LogP contribution in [0.4, 0.5) is 13.2 Å². The Morgan fingerprint density at radius 2 is 1.78 bits per heavy atom. The van der Waals surface area contributed by atoms with Crippen LogP contribution in [0.2, 0.25) is 0 Å². The van der Waals surface area contributed by atoms with Gasteiger partial charge in [-0.05, 0) is 54.5 Å². The van der Waals surface area contributed by atoms with Crippen LogP contribution in [0.15, 0.2) is 54.6 Å². The fraction of sp³-hybridized carbons (Fsp3) is 0.200. The second-order valence-corrected chi connectivity index (χ2v) is 5.69. The molecule has 0 amide bonds. The number of ketones is 1. The van der Waals surface area contributed by atoms with Crippen molar-refractivity contribution in [2.75, 3.05) is 6.61 Å². The minimum absolute atomic E-state index is 0.0108. The number of carboxylic acids is 1. The normalized spacial score (nSPS) is 11.5. The fourth-order valence-corrected chi connectivity index (χ4v) is 2.22. The van der Waals surface area contributed by atoms with Gasteiger partial charge in [0.2, 0.25) is 0 Å². The third-order valence-electron chi connectivity index (χ3n) is 3.58. The predicted octanol–water partition coefficient (Wildman–Crippen LogP) is 4.85. The molecule has 0 aliphatic heterocycles. The lowest BCUT2D eigenvalue weighted by molar-refractivity contribution is -0.138. The van der Waals surface area contributed by atoms with Crippen LogP contribution in [0.25, 0.3) is 6.08 Å². The molecule has 0 unspecified atom stereocenters. The molecule has 7 heteroatoms. The summed E-state index contributed by atoms with van der Waals surface area (Å²) in [6.07, 6.45) is -1.52. The Balaban J connectivity index is 1.96.